The van der Waals surface area contributed by atoms with Gasteiger partial charge in [0, 0.05) is 47.4 Å². The maximum atomic E-state index is 12.3. The van der Waals surface area contributed by atoms with E-state index in [1.807, 2.05) is 23.5 Å². The molecular formula is C36H60N2O6S4. The summed E-state index contributed by atoms with van der Waals surface area (Å²) >= 11 is 4.02. The van der Waals surface area contributed by atoms with Crippen LogP contribution in [-0.4, -0.2) is 89.1 Å². The minimum atomic E-state index is -4.29. The first-order valence-electron chi connectivity index (χ1n) is 19.1. The molecule has 0 radical (unpaired) electrons. The number of thioether (sulfide) groups is 2. The molecule has 8 atom stereocenters. The molecule has 2 aliphatic heterocycles. The third-order valence-electron chi connectivity index (χ3n) is 12.8. The highest BCUT2D eigenvalue weighted by Crippen LogP contribution is 2.51. The molecule has 6 aliphatic rings. The summed E-state index contributed by atoms with van der Waals surface area (Å²) < 4.78 is 65.7. The van der Waals surface area contributed by atoms with Crippen LogP contribution in [0.5, 0.6) is 0 Å². The van der Waals surface area contributed by atoms with Crippen LogP contribution in [0.3, 0.4) is 0 Å². The Kier molecular flexibility index (Phi) is 13.0. The van der Waals surface area contributed by atoms with Crippen molar-refractivity contribution in [2.24, 2.45) is 23.7 Å². The maximum absolute atomic E-state index is 12.3. The van der Waals surface area contributed by atoms with Crippen molar-refractivity contribution in [1.82, 2.24) is 4.90 Å². The van der Waals surface area contributed by atoms with Gasteiger partial charge in [-0.05, 0) is 87.8 Å². The van der Waals surface area contributed by atoms with Gasteiger partial charge in [0.05, 0.1) is 27.0 Å². The van der Waals surface area contributed by atoms with E-state index in [4.69, 9.17) is 4.18 Å². The van der Waals surface area contributed by atoms with Crippen molar-refractivity contribution in [3.8, 4) is 0 Å². The SMILES string of the molecule is CC=S(=O)(O)OCCN1C(=CC2=[N+](CCCC(C)S(=O)(=O)[O-])C3CC(C4CCCCC4)CCC3S2)SC2CCC(C3CCCCC3)CC21. The van der Waals surface area contributed by atoms with E-state index in [0.29, 0.717) is 42.0 Å². The van der Waals surface area contributed by atoms with Gasteiger partial charge in [0.15, 0.2) is 16.1 Å². The van der Waals surface area contributed by atoms with Crippen LogP contribution in [-0.2, 0) is 24.4 Å². The van der Waals surface area contributed by atoms with Crippen molar-refractivity contribution in [3.63, 3.8) is 0 Å². The van der Waals surface area contributed by atoms with Gasteiger partial charge in [-0.2, -0.15) is 0 Å². The summed E-state index contributed by atoms with van der Waals surface area (Å²) in [5, 5.41) is 3.99. The highest BCUT2D eigenvalue weighted by molar-refractivity contribution is 8.15. The second-order valence-corrected chi connectivity index (χ2v) is 21.7. The van der Waals surface area contributed by atoms with E-state index in [1.54, 1.807) is 13.8 Å². The van der Waals surface area contributed by atoms with Crippen molar-refractivity contribution in [2.45, 2.75) is 157 Å². The number of nitrogens with zero attached hydrogens (tertiary/aromatic N) is 2. The molecule has 8 nitrogen and oxygen atoms in total. The van der Waals surface area contributed by atoms with E-state index in [1.165, 1.54) is 118 Å². The van der Waals surface area contributed by atoms with Gasteiger partial charge in [-0.15, -0.1) is 11.8 Å². The average molecular weight is 745 g/mol. The lowest BCUT2D eigenvalue weighted by Crippen LogP contribution is -2.42. The summed E-state index contributed by atoms with van der Waals surface area (Å²) in [6.07, 6.45) is 24.6. The van der Waals surface area contributed by atoms with Crippen molar-refractivity contribution >= 4 is 54.1 Å². The predicted octanol–water partition coefficient (Wildman–Crippen LogP) is 7.49. The molecule has 274 valence electrons. The Balaban J connectivity index is 1.26. The zero-order valence-corrected chi connectivity index (χ0v) is 32.5. The summed E-state index contributed by atoms with van der Waals surface area (Å²) in [4.78, 5) is 2.51. The molecular weight excluding hydrogens is 685 g/mol. The smallest absolute Gasteiger partial charge is 0.238 e. The molecule has 0 bridgehead atoms. The molecule has 1 N–H and O–H groups in total. The minimum absolute atomic E-state index is 0.205. The van der Waals surface area contributed by atoms with E-state index < -0.39 is 25.5 Å². The van der Waals surface area contributed by atoms with Crippen molar-refractivity contribution in [1.29, 1.82) is 0 Å². The Labute approximate surface area is 299 Å². The monoisotopic (exact) mass is 744 g/mol. The number of hydrogen-bond acceptors (Lipinski definition) is 8. The normalized spacial score (nSPS) is 35.0. The molecule has 0 spiro atoms. The van der Waals surface area contributed by atoms with Gasteiger partial charge in [-0.1, -0.05) is 64.2 Å². The fraction of sp³-hybridized carbons (Fsp3) is 0.889. The third kappa shape index (κ3) is 9.21. The first-order chi connectivity index (χ1) is 23.0. The largest absolute Gasteiger partial charge is 0.748 e. The molecule has 0 amide bonds. The van der Waals surface area contributed by atoms with Crippen LogP contribution >= 0.6 is 23.5 Å². The third-order valence-corrected chi connectivity index (χ3v) is 18.0. The van der Waals surface area contributed by atoms with Gasteiger partial charge in [0.25, 0.3) is 0 Å². The molecule has 5 fully saturated rings. The van der Waals surface area contributed by atoms with E-state index in [2.05, 4.69) is 15.6 Å². The topological polar surface area (TPSA) is 110 Å². The zero-order chi connectivity index (χ0) is 33.9. The van der Waals surface area contributed by atoms with Crippen LogP contribution in [0.2, 0.25) is 0 Å². The lowest BCUT2D eigenvalue weighted by Gasteiger charge is -2.40. The fourth-order valence-corrected chi connectivity index (χ4v) is 14.0. The number of hydrogen-bond donors (Lipinski definition) is 1. The summed E-state index contributed by atoms with van der Waals surface area (Å²) in [5.41, 5.74) is 0. The standard InChI is InChI=1S/C36H60N2O6S4/c1-3-47(39,40)44-22-21-38-32-24-30(28-14-8-5-9-15-28)17-19-34(32)46-36(38)25-35-37(20-10-11-26(2)48(41,42)43)31-23-29(16-18-33(31)45-35)27-12-6-4-7-13-27/h3,25-34H,4-24H2,1-2H3,(H-,39,40,41,42,43). The van der Waals surface area contributed by atoms with Gasteiger partial charge in [0.2, 0.25) is 5.04 Å². The van der Waals surface area contributed by atoms with E-state index >= 15 is 0 Å². The highest BCUT2D eigenvalue weighted by Gasteiger charge is 2.49. The van der Waals surface area contributed by atoms with Gasteiger partial charge in [0.1, 0.15) is 6.54 Å². The average Bonchev–Trinajstić information content (AvgIpc) is 3.61. The molecule has 48 heavy (non-hydrogen) atoms. The van der Waals surface area contributed by atoms with Crippen molar-refractivity contribution < 1.29 is 30.5 Å². The lowest BCUT2D eigenvalue weighted by molar-refractivity contribution is -0.564. The molecule has 4 aliphatic carbocycles. The van der Waals surface area contributed by atoms with Gasteiger partial charge in [-0.25, -0.2) is 17.2 Å². The second kappa shape index (κ2) is 16.6. The Morgan fingerprint density at radius 1 is 0.896 bits per heavy atom. The lowest BCUT2D eigenvalue weighted by atomic mass is 9.72. The zero-order valence-electron chi connectivity index (χ0n) is 29.2. The molecule has 8 unspecified atom stereocenters. The van der Waals surface area contributed by atoms with Crippen molar-refractivity contribution in [2.75, 3.05) is 19.7 Å². The Bertz CT molecular complexity index is 1400. The van der Waals surface area contributed by atoms with Gasteiger partial charge < -0.3 is 9.45 Å². The summed E-state index contributed by atoms with van der Waals surface area (Å²) in [7, 11) is -7.67. The van der Waals surface area contributed by atoms with E-state index in [0.717, 1.165) is 30.2 Å². The number of rotatable bonds is 12. The number of fused-ring (bicyclic) bond motifs is 2. The Morgan fingerprint density at radius 3 is 2.15 bits per heavy atom. The van der Waals surface area contributed by atoms with Gasteiger partial charge >= 0.3 is 0 Å². The van der Waals surface area contributed by atoms with Crippen LogP contribution in [0.1, 0.15) is 129 Å². The first-order valence-corrected chi connectivity index (χ1v) is 23.9. The molecule has 6 rings (SSSR count). The fourth-order valence-electron chi connectivity index (χ4n) is 9.98. The van der Waals surface area contributed by atoms with Crippen LogP contribution in [0, 0.1) is 23.7 Å². The molecule has 12 heteroatoms. The molecule has 0 aromatic heterocycles. The molecule has 2 heterocycles. The van der Waals surface area contributed by atoms with Crippen LogP contribution in [0.15, 0.2) is 11.1 Å². The Hall–Kier alpha value is -0.240. The van der Waals surface area contributed by atoms with Crippen LogP contribution < -0.4 is 0 Å². The maximum Gasteiger partial charge on any atom is 0.238 e. The molecule has 0 aromatic rings. The van der Waals surface area contributed by atoms with E-state index in [9.17, 15) is 21.7 Å². The highest BCUT2D eigenvalue weighted by atomic mass is 32.2. The molecule has 4 saturated carbocycles. The van der Waals surface area contributed by atoms with E-state index in [-0.39, 0.29) is 6.61 Å². The first kappa shape index (κ1) is 37.5. The Morgan fingerprint density at radius 2 is 1.52 bits per heavy atom. The summed E-state index contributed by atoms with van der Waals surface area (Å²) in [6, 6.07) is 0.856. The van der Waals surface area contributed by atoms with Crippen molar-refractivity contribution in [3.05, 3.63) is 11.1 Å². The van der Waals surface area contributed by atoms with Gasteiger partial charge in [-0.3, -0.25) is 8.74 Å². The quantitative estimate of drug-likeness (QED) is 0.124. The molecule has 0 aromatic carbocycles. The van der Waals surface area contributed by atoms with Crippen LogP contribution in [0.4, 0.5) is 0 Å². The predicted molar refractivity (Wildman–Crippen MR) is 200 cm³/mol. The van der Waals surface area contributed by atoms with Crippen LogP contribution in [0.25, 0.3) is 0 Å². The summed E-state index contributed by atoms with van der Waals surface area (Å²) in [5.74, 6) is 3.19. The molecule has 1 saturated heterocycles. The second-order valence-electron chi connectivity index (χ2n) is 15.6. The summed E-state index contributed by atoms with van der Waals surface area (Å²) in [6.45, 7) is 4.69. The minimum Gasteiger partial charge on any atom is -0.748 e.